The standard InChI is InChI=1S/C10H20N2O/c11-12-8-9-13-10-6-4-2-1-3-5-7-10/h1-2,10,12H,3-9,11H2/b2-1+. The molecule has 0 aliphatic heterocycles. The van der Waals surface area contributed by atoms with E-state index < -0.39 is 0 Å². The van der Waals surface area contributed by atoms with E-state index in [0.29, 0.717) is 6.10 Å². The second-order valence-corrected chi connectivity index (χ2v) is 3.43. The first-order chi connectivity index (χ1) is 6.43. The fraction of sp³-hybridized carbons (Fsp3) is 0.800. The van der Waals surface area contributed by atoms with Crippen LogP contribution in [0.2, 0.25) is 0 Å². The second-order valence-electron chi connectivity index (χ2n) is 3.43. The molecule has 1 unspecified atom stereocenters. The Morgan fingerprint density at radius 2 is 2.15 bits per heavy atom. The van der Waals surface area contributed by atoms with Crippen molar-refractivity contribution in [2.45, 2.75) is 38.2 Å². The maximum atomic E-state index is 5.68. The molecule has 0 aromatic carbocycles. The largest absolute Gasteiger partial charge is 0.377 e. The SMILES string of the molecule is NNCCOC1CC/C=C/CCC1. The van der Waals surface area contributed by atoms with E-state index in [9.17, 15) is 0 Å². The van der Waals surface area contributed by atoms with Crippen molar-refractivity contribution in [2.75, 3.05) is 13.2 Å². The van der Waals surface area contributed by atoms with Gasteiger partial charge in [0.05, 0.1) is 12.7 Å². The van der Waals surface area contributed by atoms with Gasteiger partial charge in [-0.3, -0.25) is 11.3 Å². The van der Waals surface area contributed by atoms with Crippen molar-refractivity contribution in [3.8, 4) is 0 Å². The van der Waals surface area contributed by atoms with Gasteiger partial charge < -0.3 is 4.74 Å². The summed E-state index contributed by atoms with van der Waals surface area (Å²) in [6, 6.07) is 0. The van der Waals surface area contributed by atoms with Crippen molar-refractivity contribution in [3.05, 3.63) is 12.2 Å². The Bertz CT molecular complexity index is 148. The van der Waals surface area contributed by atoms with Gasteiger partial charge in [-0.25, -0.2) is 0 Å². The Hall–Kier alpha value is -0.380. The normalized spacial score (nSPS) is 26.4. The van der Waals surface area contributed by atoms with Gasteiger partial charge in [-0.15, -0.1) is 0 Å². The highest BCUT2D eigenvalue weighted by Gasteiger charge is 2.08. The van der Waals surface area contributed by atoms with Gasteiger partial charge in [0.15, 0.2) is 0 Å². The van der Waals surface area contributed by atoms with Crippen LogP contribution in [0.3, 0.4) is 0 Å². The maximum absolute atomic E-state index is 5.68. The Labute approximate surface area is 80.3 Å². The topological polar surface area (TPSA) is 47.3 Å². The summed E-state index contributed by atoms with van der Waals surface area (Å²) in [6.45, 7) is 1.47. The zero-order chi connectivity index (χ0) is 9.36. The van der Waals surface area contributed by atoms with Crippen molar-refractivity contribution in [3.63, 3.8) is 0 Å². The number of nitrogens with two attached hydrogens (primary N) is 1. The first-order valence-electron chi connectivity index (χ1n) is 5.13. The van der Waals surface area contributed by atoms with Crippen LogP contribution in [0.15, 0.2) is 12.2 Å². The molecule has 0 saturated carbocycles. The zero-order valence-electron chi connectivity index (χ0n) is 8.17. The van der Waals surface area contributed by atoms with E-state index in [4.69, 9.17) is 10.6 Å². The monoisotopic (exact) mass is 184 g/mol. The number of rotatable bonds is 4. The fourth-order valence-electron chi connectivity index (χ4n) is 1.58. The summed E-state index contributed by atoms with van der Waals surface area (Å²) < 4.78 is 5.68. The smallest absolute Gasteiger partial charge is 0.0608 e. The van der Waals surface area contributed by atoms with Crippen LogP contribution in [0.4, 0.5) is 0 Å². The number of allylic oxidation sites excluding steroid dienone is 2. The van der Waals surface area contributed by atoms with E-state index in [2.05, 4.69) is 17.6 Å². The Balaban J connectivity index is 2.12. The summed E-state index contributed by atoms with van der Waals surface area (Å²) in [5, 5.41) is 0. The first-order valence-corrected chi connectivity index (χ1v) is 5.13. The molecule has 3 heteroatoms. The van der Waals surface area contributed by atoms with Crippen LogP contribution in [0, 0.1) is 0 Å². The van der Waals surface area contributed by atoms with E-state index in [1.54, 1.807) is 0 Å². The van der Waals surface area contributed by atoms with Crippen LogP contribution in [-0.4, -0.2) is 19.3 Å². The number of hydrogen-bond acceptors (Lipinski definition) is 3. The minimum Gasteiger partial charge on any atom is -0.377 e. The van der Waals surface area contributed by atoms with Crippen LogP contribution < -0.4 is 11.3 Å². The molecule has 0 aromatic rings. The molecule has 76 valence electrons. The summed E-state index contributed by atoms with van der Waals surface area (Å²) in [6.07, 6.45) is 10.9. The summed E-state index contributed by atoms with van der Waals surface area (Å²) in [7, 11) is 0. The molecule has 0 amide bonds. The Morgan fingerprint density at radius 1 is 1.31 bits per heavy atom. The van der Waals surface area contributed by atoms with Crippen LogP contribution in [0.5, 0.6) is 0 Å². The predicted octanol–water partition coefficient (Wildman–Crippen LogP) is 1.36. The van der Waals surface area contributed by atoms with Gasteiger partial charge in [0.2, 0.25) is 0 Å². The lowest BCUT2D eigenvalue weighted by Gasteiger charge is -2.18. The van der Waals surface area contributed by atoms with E-state index in [1.165, 1.54) is 19.3 Å². The molecule has 0 radical (unpaired) electrons. The first kappa shape index (κ1) is 10.7. The quantitative estimate of drug-likeness (QED) is 0.300. The summed E-state index contributed by atoms with van der Waals surface area (Å²) >= 11 is 0. The van der Waals surface area contributed by atoms with E-state index in [0.717, 1.165) is 26.0 Å². The lowest BCUT2D eigenvalue weighted by Crippen LogP contribution is -2.28. The minimum atomic E-state index is 0.443. The van der Waals surface area contributed by atoms with Crippen molar-refractivity contribution in [2.24, 2.45) is 5.84 Å². The van der Waals surface area contributed by atoms with E-state index in [1.807, 2.05) is 0 Å². The van der Waals surface area contributed by atoms with Crippen LogP contribution in [-0.2, 0) is 4.74 Å². The molecule has 0 aromatic heterocycles. The van der Waals surface area contributed by atoms with Gasteiger partial charge in [0, 0.05) is 6.54 Å². The van der Waals surface area contributed by atoms with E-state index >= 15 is 0 Å². The minimum absolute atomic E-state index is 0.443. The Morgan fingerprint density at radius 3 is 3.00 bits per heavy atom. The molecule has 0 spiro atoms. The lowest BCUT2D eigenvalue weighted by molar-refractivity contribution is 0.0425. The van der Waals surface area contributed by atoms with Gasteiger partial charge in [0.25, 0.3) is 0 Å². The van der Waals surface area contributed by atoms with Gasteiger partial charge in [-0.05, 0) is 32.1 Å². The summed E-state index contributed by atoms with van der Waals surface area (Å²) in [4.78, 5) is 0. The van der Waals surface area contributed by atoms with Crippen molar-refractivity contribution in [1.82, 2.24) is 5.43 Å². The fourth-order valence-corrected chi connectivity index (χ4v) is 1.58. The maximum Gasteiger partial charge on any atom is 0.0608 e. The molecule has 1 atom stereocenters. The molecular formula is C10H20N2O. The van der Waals surface area contributed by atoms with Crippen molar-refractivity contribution in [1.29, 1.82) is 0 Å². The number of nitrogens with one attached hydrogen (secondary N) is 1. The predicted molar refractivity (Wildman–Crippen MR) is 54.2 cm³/mol. The molecule has 0 bridgehead atoms. The van der Waals surface area contributed by atoms with Gasteiger partial charge in [-0.2, -0.15) is 0 Å². The third-order valence-corrected chi connectivity index (χ3v) is 2.32. The third kappa shape index (κ3) is 5.03. The lowest BCUT2D eigenvalue weighted by atomic mass is 10.0. The second kappa shape index (κ2) is 7.06. The molecule has 3 N–H and O–H groups in total. The van der Waals surface area contributed by atoms with Crippen LogP contribution in [0.1, 0.15) is 32.1 Å². The molecular weight excluding hydrogens is 164 g/mol. The summed E-state index contributed by atoms with van der Waals surface area (Å²) in [5.41, 5.74) is 2.60. The van der Waals surface area contributed by atoms with Crippen molar-refractivity contribution >= 4 is 0 Å². The molecule has 0 heterocycles. The van der Waals surface area contributed by atoms with Gasteiger partial charge >= 0.3 is 0 Å². The van der Waals surface area contributed by atoms with Gasteiger partial charge in [0.1, 0.15) is 0 Å². The highest BCUT2D eigenvalue weighted by Crippen LogP contribution is 2.14. The van der Waals surface area contributed by atoms with Crippen LogP contribution in [0.25, 0.3) is 0 Å². The third-order valence-electron chi connectivity index (χ3n) is 2.32. The molecule has 1 rings (SSSR count). The summed E-state index contributed by atoms with van der Waals surface area (Å²) in [5.74, 6) is 5.16. The molecule has 0 fully saturated rings. The zero-order valence-corrected chi connectivity index (χ0v) is 8.17. The number of hydrogen-bond donors (Lipinski definition) is 2. The average molecular weight is 184 g/mol. The van der Waals surface area contributed by atoms with Crippen LogP contribution >= 0.6 is 0 Å². The molecule has 1 aliphatic rings. The number of ether oxygens (including phenoxy) is 1. The Kier molecular flexibility index (Phi) is 5.81. The highest BCUT2D eigenvalue weighted by atomic mass is 16.5. The molecule has 3 nitrogen and oxygen atoms in total. The molecule has 0 saturated heterocycles. The number of hydrazine groups is 1. The highest BCUT2D eigenvalue weighted by molar-refractivity contribution is 4.85. The van der Waals surface area contributed by atoms with Gasteiger partial charge in [-0.1, -0.05) is 12.2 Å². The van der Waals surface area contributed by atoms with Crippen molar-refractivity contribution < 1.29 is 4.74 Å². The van der Waals surface area contributed by atoms with E-state index in [-0.39, 0.29) is 0 Å². The molecule has 1 aliphatic carbocycles. The molecule has 13 heavy (non-hydrogen) atoms. The average Bonchev–Trinajstić information content (AvgIpc) is 2.08.